The first-order chi connectivity index (χ1) is 7.22. The van der Waals surface area contributed by atoms with E-state index in [2.05, 4.69) is 11.8 Å². The van der Waals surface area contributed by atoms with Gasteiger partial charge in [-0.15, -0.1) is 0 Å². The van der Waals surface area contributed by atoms with Crippen molar-refractivity contribution < 1.29 is 9.90 Å². The summed E-state index contributed by atoms with van der Waals surface area (Å²) in [6.07, 6.45) is 6.54. The van der Waals surface area contributed by atoms with Crippen LogP contribution in [0, 0.1) is 5.92 Å². The maximum absolute atomic E-state index is 10.7. The fourth-order valence-electron chi connectivity index (χ4n) is 2.27. The summed E-state index contributed by atoms with van der Waals surface area (Å²) in [5.41, 5.74) is 0. The lowest BCUT2D eigenvalue weighted by Gasteiger charge is -2.24. The SMILES string of the molecule is CCC(CC(=O)O)CN1CCCCCC1. The van der Waals surface area contributed by atoms with Gasteiger partial charge in [0.25, 0.3) is 0 Å². The quantitative estimate of drug-likeness (QED) is 0.762. The molecule has 1 aliphatic rings. The monoisotopic (exact) mass is 213 g/mol. The molecule has 0 aliphatic carbocycles. The summed E-state index contributed by atoms with van der Waals surface area (Å²) in [5.74, 6) is -0.322. The van der Waals surface area contributed by atoms with Crippen LogP contribution >= 0.6 is 0 Å². The first-order valence-electron chi connectivity index (χ1n) is 6.16. The lowest BCUT2D eigenvalue weighted by molar-refractivity contribution is -0.138. The minimum Gasteiger partial charge on any atom is -0.481 e. The molecule has 1 unspecified atom stereocenters. The van der Waals surface area contributed by atoms with Gasteiger partial charge in [-0.2, -0.15) is 0 Å². The van der Waals surface area contributed by atoms with Crippen LogP contribution in [0.3, 0.4) is 0 Å². The number of carbonyl (C=O) groups is 1. The Morgan fingerprint density at radius 2 is 1.87 bits per heavy atom. The van der Waals surface area contributed by atoms with Gasteiger partial charge in [-0.05, 0) is 31.8 Å². The van der Waals surface area contributed by atoms with Gasteiger partial charge in [0.2, 0.25) is 0 Å². The zero-order valence-corrected chi connectivity index (χ0v) is 9.74. The number of nitrogens with zero attached hydrogens (tertiary/aromatic N) is 1. The molecule has 1 atom stereocenters. The molecule has 1 N–H and O–H groups in total. The predicted molar refractivity (Wildman–Crippen MR) is 60.9 cm³/mol. The maximum Gasteiger partial charge on any atom is 0.303 e. The Morgan fingerprint density at radius 1 is 1.27 bits per heavy atom. The summed E-state index contributed by atoms with van der Waals surface area (Å²) in [4.78, 5) is 13.1. The summed E-state index contributed by atoms with van der Waals surface area (Å²) >= 11 is 0. The van der Waals surface area contributed by atoms with Gasteiger partial charge in [0, 0.05) is 13.0 Å². The highest BCUT2D eigenvalue weighted by Crippen LogP contribution is 2.15. The predicted octanol–water partition coefficient (Wildman–Crippen LogP) is 2.36. The summed E-state index contributed by atoms with van der Waals surface area (Å²) in [6, 6.07) is 0. The van der Waals surface area contributed by atoms with Gasteiger partial charge < -0.3 is 10.0 Å². The van der Waals surface area contributed by atoms with Gasteiger partial charge in [0.05, 0.1) is 0 Å². The molecule has 0 saturated carbocycles. The number of likely N-dealkylation sites (tertiary alicyclic amines) is 1. The van der Waals surface area contributed by atoms with Crippen LogP contribution in [0.1, 0.15) is 45.4 Å². The van der Waals surface area contributed by atoms with E-state index in [1.54, 1.807) is 0 Å². The highest BCUT2D eigenvalue weighted by Gasteiger charge is 2.16. The number of carboxylic acid groups (broad SMARTS) is 1. The van der Waals surface area contributed by atoms with E-state index in [1.807, 2.05) is 0 Å². The van der Waals surface area contributed by atoms with E-state index in [4.69, 9.17) is 5.11 Å². The van der Waals surface area contributed by atoms with Crippen LogP contribution in [-0.2, 0) is 4.79 Å². The molecule has 0 radical (unpaired) electrons. The summed E-state index contributed by atoms with van der Waals surface area (Å²) < 4.78 is 0. The number of carboxylic acids is 1. The largest absolute Gasteiger partial charge is 0.481 e. The van der Waals surface area contributed by atoms with Gasteiger partial charge in [-0.3, -0.25) is 4.79 Å². The number of hydrogen-bond acceptors (Lipinski definition) is 2. The lowest BCUT2D eigenvalue weighted by Crippen LogP contribution is -2.31. The Morgan fingerprint density at radius 3 is 2.33 bits per heavy atom. The normalized spacial score (nSPS) is 20.9. The van der Waals surface area contributed by atoms with Crippen LogP contribution in [0.2, 0.25) is 0 Å². The molecular formula is C12H23NO2. The summed E-state index contributed by atoms with van der Waals surface area (Å²) in [5, 5.41) is 8.78. The van der Waals surface area contributed by atoms with Gasteiger partial charge in [0.15, 0.2) is 0 Å². The molecule has 0 aromatic heterocycles. The van der Waals surface area contributed by atoms with Crippen molar-refractivity contribution in [2.45, 2.75) is 45.4 Å². The fourth-order valence-corrected chi connectivity index (χ4v) is 2.27. The molecule has 0 amide bonds. The van der Waals surface area contributed by atoms with Crippen molar-refractivity contribution in [3.05, 3.63) is 0 Å². The maximum atomic E-state index is 10.7. The second-order valence-corrected chi connectivity index (χ2v) is 4.59. The van der Waals surface area contributed by atoms with E-state index in [0.29, 0.717) is 12.3 Å². The van der Waals surface area contributed by atoms with Gasteiger partial charge in [-0.25, -0.2) is 0 Å². The van der Waals surface area contributed by atoms with E-state index in [0.717, 1.165) is 26.1 Å². The Hall–Kier alpha value is -0.570. The van der Waals surface area contributed by atoms with Crippen LogP contribution in [0.5, 0.6) is 0 Å². The molecule has 3 heteroatoms. The average molecular weight is 213 g/mol. The average Bonchev–Trinajstić information content (AvgIpc) is 2.44. The highest BCUT2D eigenvalue weighted by molar-refractivity contribution is 5.67. The van der Waals surface area contributed by atoms with E-state index >= 15 is 0 Å². The zero-order valence-electron chi connectivity index (χ0n) is 9.74. The molecule has 0 aromatic carbocycles. The summed E-state index contributed by atoms with van der Waals surface area (Å²) in [6.45, 7) is 5.39. The third-order valence-electron chi connectivity index (χ3n) is 3.26. The number of rotatable bonds is 5. The van der Waals surface area contributed by atoms with E-state index in [1.165, 1.54) is 25.7 Å². The van der Waals surface area contributed by atoms with Crippen LogP contribution < -0.4 is 0 Å². The smallest absolute Gasteiger partial charge is 0.303 e. The Kier molecular flexibility index (Phi) is 5.69. The Balaban J connectivity index is 2.31. The number of aliphatic carboxylic acids is 1. The summed E-state index contributed by atoms with van der Waals surface area (Å²) in [7, 11) is 0. The van der Waals surface area contributed by atoms with Crippen molar-refractivity contribution in [3.63, 3.8) is 0 Å². The Bertz CT molecular complexity index is 186. The minimum atomic E-state index is -0.656. The second-order valence-electron chi connectivity index (χ2n) is 4.59. The zero-order chi connectivity index (χ0) is 11.1. The minimum absolute atomic E-state index is 0.326. The highest BCUT2D eigenvalue weighted by atomic mass is 16.4. The topological polar surface area (TPSA) is 40.5 Å². The van der Waals surface area contributed by atoms with Crippen LogP contribution in [0.15, 0.2) is 0 Å². The molecule has 0 bridgehead atoms. The first-order valence-corrected chi connectivity index (χ1v) is 6.16. The molecule has 88 valence electrons. The molecule has 1 rings (SSSR count). The van der Waals surface area contributed by atoms with E-state index in [9.17, 15) is 4.79 Å². The van der Waals surface area contributed by atoms with Crippen molar-refractivity contribution >= 4 is 5.97 Å². The van der Waals surface area contributed by atoms with Gasteiger partial charge in [-0.1, -0.05) is 26.2 Å². The third-order valence-corrected chi connectivity index (χ3v) is 3.26. The molecule has 0 spiro atoms. The van der Waals surface area contributed by atoms with Crippen molar-refractivity contribution in [2.24, 2.45) is 5.92 Å². The molecule has 1 saturated heterocycles. The fraction of sp³-hybridized carbons (Fsp3) is 0.917. The molecular weight excluding hydrogens is 190 g/mol. The van der Waals surface area contributed by atoms with E-state index in [-0.39, 0.29) is 0 Å². The third kappa shape index (κ3) is 5.17. The van der Waals surface area contributed by atoms with Crippen molar-refractivity contribution in [3.8, 4) is 0 Å². The van der Waals surface area contributed by atoms with Crippen molar-refractivity contribution in [1.82, 2.24) is 4.90 Å². The van der Waals surface area contributed by atoms with Crippen LogP contribution in [-0.4, -0.2) is 35.6 Å². The van der Waals surface area contributed by atoms with Gasteiger partial charge >= 0.3 is 5.97 Å². The van der Waals surface area contributed by atoms with Crippen LogP contribution in [0.4, 0.5) is 0 Å². The second kappa shape index (κ2) is 6.83. The van der Waals surface area contributed by atoms with Crippen molar-refractivity contribution in [2.75, 3.05) is 19.6 Å². The molecule has 15 heavy (non-hydrogen) atoms. The standard InChI is InChI=1S/C12H23NO2/c1-2-11(9-12(14)15)10-13-7-5-3-4-6-8-13/h11H,2-10H2,1H3,(H,14,15). The molecule has 3 nitrogen and oxygen atoms in total. The first kappa shape index (κ1) is 12.5. The van der Waals surface area contributed by atoms with Crippen LogP contribution in [0.25, 0.3) is 0 Å². The Labute approximate surface area is 92.5 Å². The van der Waals surface area contributed by atoms with E-state index < -0.39 is 5.97 Å². The number of hydrogen-bond donors (Lipinski definition) is 1. The molecule has 1 aliphatic heterocycles. The molecule has 1 fully saturated rings. The lowest BCUT2D eigenvalue weighted by atomic mass is 10.0. The van der Waals surface area contributed by atoms with Gasteiger partial charge in [0.1, 0.15) is 0 Å². The molecule has 0 aromatic rings. The van der Waals surface area contributed by atoms with Crippen molar-refractivity contribution in [1.29, 1.82) is 0 Å². The molecule has 1 heterocycles.